The maximum Gasteiger partial charge on any atom is 0.345 e. The van der Waals surface area contributed by atoms with E-state index >= 15 is 0 Å². The topological polar surface area (TPSA) is 100 Å². The lowest BCUT2D eigenvalue weighted by molar-refractivity contribution is -0.135. The number of rotatable bonds is 4. The van der Waals surface area contributed by atoms with Crippen LogP contribution in [0, 0.1) is 0 Å². The third-order valence-electron chi connectivity index (χ3n) is 3.46. The molecule has 23 heavy (non-hydrogen) atoms. The van der Waals surface area contributed by atoms with Crippen molar-refractivity contribution >= 4 is 5.97 Å². The van der Waals surface area contributed by atoms with Gasteiger partial charge in [0.25, 0.3) is 0 Å². The van der Waals surface area contributed by atoms with Gasteiger partial charge in [0.15, 0.2) is 0 Å². The summed E-state index contributed by atoms with van der Waals surface area (Å²) in [6.07, 6.45) is 0. The number of ether oxygens (including phenoxy) is 4. The Bertz CT molecular complexity index is 756. The second kappa shape index (κ2) is 5.40. The Morgan fingerprint density at radius 1 is 1.09 bits per heavy atom. The number of fused-ring (bicyclic) bond motifs is 1. The summed E-state index contributed by atoms with van der Waals surface area (Å²) in [5, 5.41) is 10.9. The third-order valence-corrected chi connectivity index (χ3v) is 3.46. The molecule has 120 valence electrons. The molecule has 0 saturated carbocycles. The molecule has 0 saturated heterocycles. The summed E-state index contributed by atoms with van der Waals surface area (Å²) in [7, 11) is 4.24. The minimum Gasteiger partial charge on any atom is -0.496 e. The van der Waals surface area contributed by atoms with Crippen molar-refractivity contribution in [1.29, 1.82) is 0 Å². The first-order valence-electron chi connectivity index (χ1n) is 6.64. The molecule has 0 bridgehead atoms. The minimum atomic E-state index is -2.15. The normalized spacial score (nSPS) is 19.0. The van der Waals surface area contributed by atoms with E-state index in [0.717, 1.165) is 0 Å². The van der Waals surface area contributed by atoms with Crippen LogP contribution in [0.4, 0.5) is 0 Å². The van der Waals surface area contributed by atoms with Gasteiger partial charge in [-0.3, -0.25) is 0 Å². The fourth-order valence-electron chi connectivity index (χ4n) is 2.37. The monoisotopic (exact) mass is 318 g/mol. The number of hydrogen-bond acceptors (Lipinski definition) is 8. The average Bonchev–Trinajstić information content (AvgIpc) is 2.86. The predicted molar refractivity (Wildman–Crippen MR) is 76.5 cm³/mol. The maximum absolute atomic E-state index is 12.2. The summed E-state index contributed by atoms with van der Waals surface area (Å²) in [6, 6.07) is 6.20. The van der Waals surface area contributed by atoms with E-state index in [4.69, 9.17) is 18.9 Å². The zero-order chi connectivity index (χ0) is 16.6. The van der Waals surface area contributed by atoms with E-state index in [0.29, 0.717) is 5.75 Å². The van der Waals surface area contributed by atoms with Crippen molar-refractivity contribution in [2.75, 3.05) is 21.3 Å². The van der Waals surface area contributed by atoms with Gasteiger partial charge >= 0.3 is 11.8 Å². The smallest absolute Gasteiger partial charge is 0.345 e. The predicted octanol–water partition coefficient (Wildman–Crippen LogP) is 0.866. The van der Waals surface area contributed by atoms with Crippen LogP contribution in [0.5, 0.6) is 17.5 Å². The van der Waals surface area contributed by atoms with E-state index < -0.39 is 11.8 Å². The molecule has 8 heteroatoms. The standard InChI is InChI=1S/C15H14N2O6/c1-20-9-6-4-5-8-12(9)13(18)23-15(8,19)14-16-10(21-2)7-11(17-14)22-3/h4-7,19H,1-3H3. The molecule has 0 amide bonds. The molecule has 2 heterocycles. The van der Waals surface area contributed by atoms with E-state index in [2.05, 4.69) is 9.97 Å². The fraction of sp³-hybridized carbons (Fsp3) is 0.267. The van der Waals surface area contributed by atoms with E-state index in [9.17, 15) is 9.90 Å². The first-order valence-corrected chi connectivity index (χ1v) is 6.64. The van der Waals surface area contributed by atoms with Crippen LogP contribution in [0.3, 0.4) is 0 Å². The van der Waals surface area contributed by atoms with Crippen molar-refractivity contribution in [3.63, 3.8) is 0 Å². The Morgan fingerprint density at radius 3 is 2.30 bits per heavy atom. The van der Waals surface area contributed by atoms with Crippen LogP contribution < -0.4 is 14.2 Å². The summed E-state index contributed by atoms with van der Waals surface area (Å²) < 4.78 is 20.4. The Morgan fingerprint density at radius 2 is 1.74 bits per heavy atom. The Hall–Kier alpha value is -2.87. The van der Waals surface area contributed by atoms with E-state index in [1.54, 1.807) is 12.1 Å². The first-order chi connectivity index (χ1) is 11.0. The molecule has 1 unspecified atom stereocenters. The zero-order valence-corrected chi connectivity index (χ0v) is 12.7. The Labute approximate surface area is 131 Å². The van der Waals surface area contributed by atoms with Gasteiger partial charge in [-0.2, -0.15) is 9.97 Å². The molecule has 8 nitrogen and oxygen atoms in total. The number of carbonyl (C=O) groups is 1. The van der Waals surface area contributed by atoms with Crippen LogP contribution in [0.2, 0.25) is 0 Å². The maximum atomic E-state index is 12.2. The van der Waals surface area contributed by atoms with Crippen LogP contribution in [-0.2, 0) is 10.5 Å². The number of aromatic nitrogens is 2. The highest BCUT2D eigenvalue weighted by atomic mass is 16.7. The van der Waals surface area contributed by atoms with Gasteiger partial charge in [0.05, 0.1) is 27.4 Å². The van der Waals surface area contributed by atoms with Gasteiger partial charge in [0.2, 0.25) is 17.6 Å². The number of methoxy groups -OCH3 is 3. The molecule has 0 radical (unpaired) electrons. The molecule has 1 atom stereocenters. The largest absolute Gasteiger partial charge is 0.496 e. The Balaban J connectivity index is 2.21. The van der Waals surface area contributed by atoms with Gasteiger partial charge in [-0.25, -0.2) is 4.79 Å². The summed E-state index contributed by atoms with van der Waals surface area (Å²) >= 11 is 0. The van der Waals surface area contributed by atoms with Crippen LogP contribution in [0.1, 0.15) is 21.7 Å². The number of esters is 1. The van der Waals surface area contributed by atoms with Gasteiger partial charge in [-0.1, -0.05) is 12.1 Å². The second-order valence-corrected chi connectivity index (χ2v) is 4.69. The van der Waals surface area contributed by atoms with Gasteiger partial charge < -0.3 is 24.1 Å². The molecule has 1 aliphatic heterocycles. The lowest BCUT2D eigenvalue weighted by Gasteiger charge is -2.21. The lowest BCUT2D eigenvalue weighted by Crippen LogP contribution is -2.30. The number of benzene rings is 1. The quantitative estimate of drug-likeness (QED) is 0.829. The highest BCUT2D eigenvalue weighted by molar-refractivity contribution is 5.97. The highest BCUT2D eigenvalue weighted by Crippen LogP contribution is 2.42. The molecule has 0 aliphatic carbocycles. The Kier molecular flexibility index (Phi) is 3.53. The number of hydrogen-bond donors (Lipinski definition) is 1. The van der Waals surface area contributed by atoms with Crippen molar-refractivity contribution in [3.8, 4) is 17.5 Å². The number of aliphatic hydroxyl groups is 1. The third kappa shape index (κ3) is 2.23. The van der Waals surface area contributed by atoms with Crippen molar-refractivity contribution < 1.29 is 28.8 Å². The molecule has 2 aromatic rings. The molecule has 1 aromatic carbocycles. The van der Waals surface area contributed by atoms with Crippen LogP contribution >= 0.6 is 0 Å². The SMILES string of the molecule is COc1cc(OC)nc(C2(O)OC(=O)c3c(OC)cccc32)n1. The van der Waals surface area contributed by atoms with Gasteiger partial charge in [-0.15, -0.1) is 0 Å². The van der Waals surface area contributed by atoms with Crippen molar-refractivity contribution in [1.82, 2.24) is 9.97 Å². The lowest BCUT2D eigenvalue weighted by atomic mass is 10.0. The van der Waals surface area contributed by atoms with Crippen LogP contribution in [0.25, 0.3) is 0 Å². The average molecular weight is 318 g/mol. The highest BCUT2D eigenvalue weighted by Gasteiger charge is 2.50. The summed E-state index contributed by atoms with van der Waals surface area (Å²) in [5.41, 5.74) is 0.319. The van der Waals surface area contributed by atoms with E-state index in [-0.39, 0.29) is 28.7 Å². The van der Waals surface area contributed by atoms with Crippen LogP contribution in [-0.4, -0.2) is 42.4 Å². The summed E-state index contributed by atoms with van der Waals surface area (Å²) in [6.45, 7) is 0. The van der Waals surface area contributed by atoms with Crippen molar-refractivity contribution in [2.24, 2.45) is 0 Å². The summed E-state index contributed by atoms with van der Waals surface area (Å²) in [5.74, 6) is -2.44. The fourth-order valence-corrected chi connectivity index (χ4v) is 2.37. The molecule has 1 N–H and O–H groups in total. The molecule has 1 aromatic heterocycles. The molecular formula is C15H14N2O6. The second-order valence-electron chi connectivity index (χ2n) is 4.69. The number of nitrogens with zero attached hydrogens (tertiary/aromatic N) is 2. The van der Waals surface area contributed by atoms with Gasteiger partial charge in [0, 0.05) is 5.56 Å². The molecule has 0 fully saturated rings. The zero-order valence-electron chi connectivity index (χ0n) is 12.7. The molecule has 1 aliphatic rings. The van der Waals surface area contributed by atoms with Crippen LogP contribution in [0.15, 0.2) is 24.3 Å². The van der Waals surface area contributed by atoms with Crippen molar-refractivity contribution in [3.05, 3.63) is 41.2 Å². The van der Waals surface area contributed by atoms with Crippen molar-refractivity contribution in [2.45, 2.75) is 5.79 Å². The molecule has 0 spiro atoms. The number of cyclic esters (lactones) is 1. The summed E-state index contributed by atoms with van der Waals surface area (Å²) in [4.78, 5) is 20.3. The van der Waals surface area contributed by atoms with Gasteiger partial charge in [0.1, 0.15) is 11.3 Å². The van der Waals surface area contributed by atoms with Gasteiger partial charge in [-0.05, 0) is 6.07 Å². The first kappa shape index (κ1) is 15.0. The minimum absolute atomic E-state index is 0.128. The molecular weight excluding hydrogens is 304 g/mol. The molecule has 3 rings (SSSR count). The van der Waals surface area contributed by atoms with E-state index in [1.165, 1.54) is 33.5 Å². The van der Waals surface area contributed by atoms with E-state index in [1.807, 2.05) is 0 Å². The number of carbonyl (C=O) groups excluding carboxylic acids is 1.